The molecule has 3 heteroatoms. The van der Waals surface area contributed by atoms with Gasteiger partial charge < -0.3 is 10.3 Å². The zero-order valence-corrected chi connectivity index (χ0v) is 12.1. The van der Waals surface area contributed by atoms with Crippen LogP contribution in [0.25, 0.3) is 11.0 Å². The molecule has 2 unspecified atom stereocenters. The first-order chi connectivity index (χ1) is 9.11. The van der Waals surface area contributed by atoms with Crippen LogP contribution in [-0.4, -0.2) is 9.55 Å². The minimum atomic E-state index is 0.495. The molecule has 0 radical (unpaired) electrons. The highest BCUT2D eigenvalue weighted by molar-refractivity contribution is 5.80. The number of imidazole rings is 1. The third-order valence-electron chi connectivity index (χ3n) is 4.56. The number of fused-ring (bicyclic) bond motifs is 1. The lowest BCUT2D eigenvalue weighted by Crippen LogP contribution is -2.15. The first-order valence-electron chi connectivity index (χ1n) is 7.39. The number of benzene rings is 1. The number of rotatable bonds is 4. The molecule has 3 rings (SSSR count). The van der Waals surface area contributed by atoms with Crippen molar-refractivity contribution in [2.75, 3.05) is 5.73 Å². The quantitative estimate of drug-likeness (QED) is 0.838. The van der Waals surface area contributed by atoms with E-state index >= 15 is 0 Å². The van der Waals surface area contributed by atoms with Gasteiger partial charge in [-0.2, -0.15) is 0 Å². The highest BCUT2D eigenvalue weighted by Crippen LogP contribution is 2.43. The van der Waals surface area contributed by atoms with Gasteiger partial charge in [-0.15, -0.1) is 0 Å². The first kappa shape index (κ1) is 12.5. The van der Waals surface area contributed by atoms with Crippen LogP contribution >= 0.6 is 0 Å². The monoisotopic (exact) mass is 257 g/mol. The molecule has 0 bridgehead atoms. The standard InChI is InChI=1S/C16H23N3/c1-4-10(2)11(3)19-15-8-7-13(17)9-14(15)18-16(19)12-5-6-12/h7-12H,4-6,17H2,1-3H3. The Bertz CT molecular complexity index is 595. The Balaban J connectivity index is 2.16. The minimum absolute atomic E-state index is 0.495. The van der Waals surface area contributed by atoms with Gasteiger partial charge in [0.1, 0.15) is 5.82 Å². The second kappa shape index (κ2) is 4.55. The van der Waals surface area contributed by atoms with Gasteiger partial charge in [0.25, 0.3) is 0 Å². The smallest absolute Gasteiger partial charge is 0.113 e. The molecular formula is C16H23N3. The largest absolute Gasteiger partial charge is 0.399 e. The summed E-state index contributed by atoms with van der Waals surface area (Å²) in [6, 6.07) is 6.61. The zero-order chi connectivity index (χ0) is 13.6. The molecule has 0 amide bonds. The Morgan fingerprint density at radius 2 is 2.11 bits per heavy atom. The third kappa shape index (κ3) is 2.11. The Morgan fingerprint density at radius 1 is 1.37 bits per heavy atom. The number of hydrogen-bond acceptors (Lipinski definition) is 2. The maximum absolute atomic E-state index is 5.89. The van der Waals surface area contributed by atoms with E-state index in [9.17, 15) is 0 Å². The average Bonchev–Trinajstić information content (AvgIpc) is 3.18. The molecule has 0 spiro atoms. The van der Waals surface area contributed by atoms with E-state index in [1.807, 2.05) is 12.1 Å². The number of nitrogens with two attached hydrogens (primary N) is 1. The maximum Gasteiger partial charge on any atom is 0.113 e. The van der Waals surface area contributed by atoms with Crippen LogP contribution in [0.15, 0.2) is 18.2 Å². The van der Waals surface area contributed by atoms with E-state index in [1.165, 1.54) is 30.6 Å². The molecule has 2 atom stereocenters. The molecular weight excluding hydrogens is 234 g/mol. The van der Waals surface area contributed by atoms with Gasteiger partial charge in [0.15, 0.2) is 0 Å². The molecule has 19 heavy (non-hydrogen) atoms. The normalized spacial score (nSPS) is 18.7. The number of nitrogen functional groups attached to an aromatic ring is 1. The first-order valence-corrected chi connectivity index (χ1v) is 7.39. The SMILES string of the molecule is CCC(C)C(C)n1c(C2CC2)nc2cc(N)ccc21. The number of anilines is 1. The van der Waals surface area contributed by atoms with Crippen LogP contribution in [0.1, 0.15) is 57.8 Å². The molecule has 1 heterocycles. The predicted octanol–water partition coefficient (Wildman–Crippen LogP) is 4.10. The average molecular weight is 257 g/mol. The summed E-state index contributed by atoms with van der Waals surface area (Å²) in [5.41, 5.74) is 8.98. The van der Waals surface area contributed by atoms with Crippen molar-refractivity contribution >= 4 is 16.7 Å². The molecule has 1 saturated carbocycles. The van der Waals surface area contributed by atoms with Crippen LogP contribution in [-0.2, 0) is 0 Å². The summed E-state index contributed by atoms with van der Waals surface area (Å²) in [7, 11) is 0. The van der Waals surface area contributed by atoms with Crippen LogP contribution < -0.4 is 5.73 Å². The summed E-state index contributed by atoms with van der Waals surface area (Å²) in [4.78, 5) is 4.86. The van der Waals surface area contributed by atoms with Gasteiger partial charge in [-0.3, -0.25) is 0 Å². The minimum Gasteiger partial charge on any atom is -0.399 e. The van der Waals surface area contributed by atoms with Gasteiger partial charge in [-0.25, -0.2) is 4.98 Å². The van der Waals surface area contributed by atoms with Crippen LogP contribution in [0, 0.1) is 5.92 Å². The van der Waals surface area contributed by atoms with Crippen LogP contribution in [0.5, 0.6) is 0 Å². The van der Waals surface area contributed by atoms with Crippen molar-refractivity contribution in [3.8, 4) is 0 Å². The lowest BCUT2D eigenvalue weighted by atomic mass is 10.00. The van der Waals surface area contributed by atoms with E-state index in [1.54, 1.807) is 0 Å². The van der Waals surface area contributed by atoms with Crippen LogP contribution in [0.4, 0.5) is 5.69 Å². The Labute approximate surface area is 114 Å². The van der Waals surface area contributed by atoms with Crippen molar-refractivity contribution in [3.63, 3.8) is 0 Å². The van der Waals surface area contributed by atoms with E-state index in [-0.39, 0.29) is 0 Å². The third-order valence-corrected chi connectivity index (χ3v) is 4.56. The summed E-state index contributed by atoms with van der Waals surface area (Å²) in [6.45, 7) is 6.90. The highest BCUT2D eigenvalue weighted by Gasteiger charge is 2.31. The van der Waals surface area contributed by atoms with Gasteiger partial charge in [-0.1, -0.05) is 20.3 Å². The summed E-state index contributed by atoms with van der Waals surface area (Å²) in [5, 5.41) is 0. The van der Waals surface area contributed by atoms with Gasteiger partial charge in [0.05, 0.1) is 11.0 Å². The van der Waals surface area contributed by atoms with Crippen molar-refractivity contribution in [2.24, 2.45) is 5.92 Å². The van der Waals surface area contributed by atoms with Gasteiger partial charge >= 0.3 is 0 Å². The Hall–Kier alpha value is -1.51. The number of hydrogen-bond donors (Lipinski definition) is 1. The van der Waals surface area contributed by atoms with Gasteiger partial charge in [0, 0.05) is 17.6 Å². The fourth-order valence-electron chi connectivity index (χ4n) is 2.79. The van der Waals surface area contributed by atoms with E-state index in [4.69, 9.17) is 10.7 Å². The van der Waals surface area contributed by atoms with Gasteiger partial charge in [-0.05, 0) is 43.9 Å². The molecule has 1 aliphatic carbocycles. The van der Waals surface area contributed by atoms with Crippen molar-refractivity contribution < 1.29 is 0 Å². The fraction of sp³-hybridized carbons (Fsp3) is 0.562. The van der Waals surface area contributed by atoms with Crippen molar-refractivity contribution in [2.45, 2.75) is 52.0 Å². The van der Waals surface area contributed by atoms with Crippen molar-refractivity contribution in [1.29, 1.82) is 0 Å². The van der Waals surface area contributed by atoms with Crippen LogP contribution in [0.3, 0.4) is 0 Å². The van der Waals surface area contributed by atoms with Gasteiger partial charge in [0.2, 0.25) is 0 Å². The molecule has 2 aromatic rings. The molecule has 2 N–H and O–H groups in total. The predicted molar refractivity (Wildman–Crippen MR) is 80.3 cm³/mol. The van der Waals surface area contributed by atoms with E-state index in [2.05, 4.69) is 31.4 Å². The molecule has 1 aliphatic rings. The molecule has 3 nitrogen and oxygen atoms in total. The summed E-state index contributed by atoms with van der Waals surface area (Å²) in [5.74, 6) is 2.60. The number of nitrogens with zero attached hydrogens (tertiary/aromatic N) is 2. The van der Waals surface area contributed by atoms with Crippen molar-refractivity contribution in [1.82, 2.24) is 9.55 Å². The lowest BCUT2D eigenvalue weighted by Gasteiger charge is -2.23. The summed E-state index contributed by atoms with van der Waals surface area (Å²) >= 11 is 0. The van der Waals surface area contributed by atoms with E-state index < -0.39 is 0 Å². The second-order valence-corrected chi connectivity index (χ2v) is 5.99. The Kier molecular flexibility index (Phi) is 3.00. The molecule has 0 aliphatic heterocycles. The molecule has 0 saturated heterocycles. The molecule has 102 valence electrons. The topological polar surface area (TPSA) is 43.8 Å². The summed E-state index contributed by atoms with van der Waals surface area (Å²) in [6.07, 6.45) is 3.76. The lowest BCUT2D eigenvalue weighted by molar-refractivity contribution is 0.369. The molecule has 1 aromatic heterocycles. The van der Waals surface area contributed by atoms with Crippen LogP contribution in [0.2, 0.25) is 0 Å². The summed E-state index contributed by atoms with van der Waals surface area (Å²) < 4.78 is 2.46. The second-order valence-electron chi connectivity index (χ2n) is 5.99. The fourth-order valence-corrected chi connectivity index (χ4v) is 2.79. The number of aromatic nitrogens is 2. The highest BCUT2D eigenvalue weighted by atomic mass is 15.1. The van der Waals surface area contributed by atoms with E-state index in [0.717, 1.165) is 11.2 Å². The maximum atomic E-state index is 5.89. The van der Waals surface area contributed by atoms with E-state index in [0.29, 0.717) is 17.9 Å². The zero-order valence-electron chi connectivity index (χ0n) is 12.1. The molecule has 1 aromatic carbocycles. The molecule has 1 fully saturated rings. The van der Waals surface area contributed by atoms with Crippen molar-refractivity contribution in [3.05, 3.63) is 24.0 Å². The Morgan fingerprint density at radius 3 is 2.74 bits per heavy atom.